The molecule has 0 aliphatic heterocycles. The Kier molecular flexibility index (Phi) is 3.39. The fourth-order valence-corrected chi connectivity index (χ4v) is 2.77. The van der Waals surface area contributed by atoms with Gasteiger partial charge in [0.1, 0.15) is 10.7 Å². The van der Waals surface area contributed by atoms with Crippen LogP contribution in [-0.4, -0.2) is 13.4 Å². The molecule has 0 saturated heterocycles. The minimum atomic E-state index is -3.94. The van der Waals surface area contributed by atoms with Crippen LogP contribution in [0.3, 0.4) is 0 Å². The highest BCUT2D eigenvalue weighted by molar-refractivity contribution is 7.92. The van der Waals surface area contributed by atoms with E-state index in [0.717, 1.165) is 12.1 Å². The van der Waals surface area contributed by atoms with Crippen LogP contribution < -0.4 is 10.5 Å². The summed E-state index contributed by atoms with van der Waals surface area (Å²) < 4.78 is 39.8. The summed E-state index contributed by atoms with van der Waals surface area (Å²) in [5, 5.41) is 0. The Hall–Kier alpha value is -2.15. The number of aryl methyl sites for hydroxylation is 1. The zero-order valence-electron chi connectivity index (χ0n) is 10.1. The molecular formula is C12H12FN3O2S. The molecule has 0 radical (unpaired) electrons. The standard InChI is InChI=1S/C12H12FN3O2S/c1-8-4-5-15-7-11(8)16-19(17,18)12-6-9(13)2-3-10(12)14/h2-7,16H,14H2,1H3. The fourth-order valence-electron chi connectivity index (χ4n) is 1.51. The largest absolute Gasteiger partial charge is 0.398 e. The molecular weight excluding hydrogens is 269 g/mol. The molecule has 7 heteroatoms. The summed E-state index contributed by atoms with van der Waals surface area (Å²) in [4.78, 5) is 3.54. The van der Waals surface area contributed by atoms with Crippen molar-refractivity contribution in [2.24, 2.45) is 0 Å². The summed E-state index contributed by atoms with van der Waals surface area (Å²) in [6, 6.07) is 4.85. The van der Waals surface area contributed by atoms with Gasteiger partial charge in [-0.3, -0.25) is 9.71 Å². The van der Waals surface area contributed by atoms with Crippen molar-refractivity contribution in [3.8, 4) is 0 Å². The van der Waals surface area contributed by atoms with Crippen LogP contribution in [0.5, 0.6) is 0 Å². The molecule has 1 aromatic carbocycles. The summed E-state index contributed by atoms with van der Waals surface area (Å²) in [7, 11) is -3.94. The molecule has 0 aliphatic rings. The maximum absolute atomic E-state index is 13.1. The van der Waals surface area contributed by atoms with Crippen LogP contribution in [0.4, 0.5) is 15.8 Å². The Bertz CT molecular complexity index is 717. The minimum Gasteiger partial charge on any atom is -0.398 e. The second kappa shape index (κ2) is 4.85. The Morgan fingerprint density at radius 1 is 1.32 bits per heavy atom. The van der Waals surface area contributed by atoms with Crippen LogP contribution in [0.15, 0.2) is 41.6 Å². The van der Waals surface area contributed by atoms with Gasteiger partial charge in [0.25, 0.3) is 10.0 Å². The number of nitrogens with two attached hydrogens (primary N) is 1. The number of hydrogen-bond acceptors (Lipinski definition) is 4. The third-order valence-electron chi connectivity index (χ3n) is 2.55. The van der Waals surface area contributed by atoms with E-state index in [1.165, 1.54) is 12.3 Å². The number of anilines is 2. The van der Waals surface area contributed by atoms with Crippen LogP contribution in [0.1, 0.15) is 5.56 Å². The van der Waals surface area contributed by atoms with Crippen molar-refractivity contribution >= 4 is 21.4 Å². The quantitative estimate of drug-likeness (QED) is 0.842. The number of benzene rings is 1. The van der Waals surface area contributed by atoms with Crippen molar-refractivity contribution in [1.82, 2.24) is 4.98 Å². The smallest absolute Gasteiger partial charge is 0.264 e. The van der Waals surface area contributed by atoms with E-state index in [-0.39, 0.29) is 10.6 Å². The van der Waals surface area contributed by atoms with Gasteiger partial charge in [-0.15, -0.1) is 0 Å². The average Bonchev–Trinajstić information content (AvgIpc) is 2.35. The molecule has 5 nitrogen and oxygen atoms in total. The number of pyridine rings is 1. The van der Waals surface area contributed by atoms with Crippen molar-refractivity contribution < 1.29 is 12.8 Å². The van der Waals surface area contributed by atoms with E-state index < -0.39 is 15.8 Å². The summed E-state index contributed by atoms with van der Waals surface area (Å²) in [6.07, 6.45) is 2.92. The Labute approximate surface area is 110 Å². The molecule has 1 heterocycles. The summed E-state index contributed by atoms with van der Waals surface area (Å²) >= 11 is 0. The first-order chi connectivity index (χ1) is 8.90. The monoisotopic (exact) mass is 281 g/mol. The number of aromatic nitrogens is 1. The predicted octanol–water partition coefficient (Wildman–Crippen LogP) is 1.91. The fraction of sp³-hybridized carbons (Fsp3) is 0.0833. The van der Waals surface area contributed by atoms with Gasteiger partial charge < -0.3 is 5.73 Å². The van der Waals surface area contributed by atoms with E-state index in [1.807, 2.05) is 0 Å². The Morgan fingerprint density at radius 2 is 2.05 bits per heavy atom. The third kappa shape index (κ3) is 2.82. The molecule has 0 saturated carbocycles. The molecule has 19 heavy (non-hydrogen) atoms. The SMILES string of the molecule is Cc1ccncc1NS(=O)(=O)c1cc(F)ccc1N. The molecule has 2 aromatic rings. The van der Waals surface area contributed by atoms with E-state index in [2.05, 4.69) is 9.71 Å². The molecule has 0 atom stereocenters. The van der Waals surface area contributed by atoms with Crippen molar-refractivity contribution in [3.63, 3.8) is 0 Å². The zero-order chi connectivity index (χ0) is 14.0. The highest BCUT2D eigenvalue weighted by atomic mass is 32.2. The van der Waals surface area contributed by atoms with Crippen molar-refractivity contribution in [3.05, 3.63) is 48.0 Å². The molecule has 3 N–H and O–H groups in total. The second-order valence-electron chi connectivity index (χ2n) is 3.98. The molecule has 100 valence electrons. The molecule has 0 aliphatic carbocycles. The van der Waals surface area contributed by atoms with E-state index >= 15 is 0 Å². The summed E-state index contributed by atoms with van der Waals surface area (Å²) in [5.74, 6) is -0.669. The van der Waals surface area contributed by atoms with Crippen molar-refractivity contribution in [1.29, 1.82) is 0 Å². The van der Waals surface area contributed by atoms with Gasteiger partial charge in [0.15, 0.2) is 0 Å². The van der Waals surface area contributed by atoms with Crippen LogP contribution in [0, 0.1) is 12.7 Å². The van der Waals surface area contributed by atoms with Gasteiger partial charge in [0.2, 0.25) is 0 Å². The Morgan fingerprint density at radius 3 is 2.74 bits per heavy atom. The predicted molar refractivity (Wildman–Crippen MR) is 70.6 cm³/mol. The summed E-state index contributed by atoms with van der Waals surface area (Å²) in [5.41, 5.74) is 6.58. The maximum atomic E-state index is 13.1. The number of hydrogen-bond donors (Lipinski definition) is 2. The van der Waals surface area contributed by atoms with E-state index in [0.29, 0.717) is 11.3 Å². The number of halogens is 1. The number of nitrogens with zero attached hydrogens (tertiary/aromatic N) is 1. The average molecular weight is 281 g/mol. The topological polar surface area (TPSA) is 85.1 Å². The lowest BCUT2D eigenvalue weighted by molar-refractivity contribution is 0.596. The summed E-state index contributed by atoms with van der Waals surface area (Å²) in [6.45, 7) is 1.73. The van der Waals surface area contributed by atoms with E-state index in [9.17, 15) is 12.8 Å². The van der Waals surface area contributed by atoms with E-state index in [1.54, 1.807) is 19.2 Å². The first-order valence-electron chi connectivity index (χ1n) is 5.38. The molecule has 0 fully saturated rings. The molecule has 0 spiro atoms. The molecule has 0 unspecified atom stereocenters. The van der Waals surface area contributed by atoms with Gasteiger partial charge in [0.05, 0.1) is 17.6 Å². The normalized spacial score (nSPS) is 11.3. The molecule has 1 aromatic heterocycles. The van der Waals surface area contributed by atoms with Crippen LogP contribution in [0.2, 0.25) is 0 Å². The zero-order valence-corrected chi connectivity index (χ0v) is 10.9. The second-order valence-corrected chi connectivity index (χ2v) is 5.63. The van der Waals surface area contributed by atoms with Crippen LogP contribution in [-0.2, 0) is 10.0 Å². The minimum absolute atomic E-state index is 0.0181. The number of rotatable bonds is 3. The third-order valence-corrected chi connectivity index (χ3v) is 3.97. The van der Waals surface area contributed by atoms with Crippen LogP contribution >= 0.6 is 0 Å². The lowest BCUT2D eigenvalue weighted by Crippen LogP contribution is -2.16. The number of nitrogens with one attached hydrogen (secondary N) is 1. The lowest BCUT2D eigenvalue weighted by atomic mass is 10.3. The maximum Gasteiger partial charge on any atom is 0.264 e. The van der Waals surface area contributed by atoms with Gasteiger partial charge in [-0.05, 0) is 36.8 Å². The first kappa shape index (κ1) is 13.3. The molecule has 2 rings (SSSR count). The van der Waals surface area contributed by atoms with E-state index in [4.69, 9.17) is 5.73 Å². The van der Waals surface area contributed by atoms with Crippen molar-refractivity contribution in [2.45, 2.75) is 11.8 Å². The van der Waals surface area contributed by atoms with Gasteiger partial charge in [-0.2, -0.15) is 0 Å². The first-order valence-corrected chi connectivity index (χ1v) is 6.87. The molecule has 0 amide bonds. The highest BCUT2D eigenvalue weighted by Crippen LogP contribution is 2.23. The highest BCUT2D eigenvalue weighted by Gasteiger charge is 2.19. The van der Waals surface area contributed by atoms with Gasteiger partial charge >= 0.3 is 0 Å². The lowest BCUT2D eigenvalue weighted by Gasteiger charge is -2.11. The van der Waals surface area contributed by atoms with Crippen LogP contribution in [0.25, 0.3) is 0 Å². The Balaban J connectivity index is 2.44. The molecule has 0 bridgehead atoms. The van der Waals surface area contributed by atoms with Gasteiger partial charge in [0, 0.05) is 6.20 Å². The van der Waals surface area contributed by atoms with Gasteiger partial charge in [-0.25, -0.2) is 12.8 Å². The van der Waals surface area contributed by atoms with Crippen molar-refractivity contribution in [2.75, 3.05) is 10.5 Å². The number of sulfonamides is 1. The number of nitrogen functional groups attached to an aromatic ring is 1. The van der Waals surface area contributed by atoms with Gasteiger partial charge in [-0.1, -0.05) is 0 Å².